The van der Waals surface area contributed by atoms with E-state index in [-0.39, 0.29) is 17.5 Å². The molecule has 2 aliphatic rings. The van der Waals surface area contributed by atoms with Gasteiger partial charge in [0.05, 0.1) is 11.3 Å². The molecule has 0 fully saturated rings. The Morgan fingerprint density at radius 2 is 1.54 bits per heavy atom. The van der Waals surface area contributed by atoms with E-state index in [2.05, 4.69) is 184 Å². The monoisotopic (exact) mass is 692 g/mol. The first-order valence-electron chi connectivity index (χ1n) is 19.7. The average Bonchev–Trinajstić information content (AvgIpc) is 3.48. The van der Waals surface area contributed by atoms with Crippen LogP contribution in [0.4, 0.5) is 11.4 Å². The lowest BCUT2D eigenvalue weighted by atomic mass is 9.36. The third kappa shape index (κ3) is 7.63. The number of furan rings is 1. The van der Waals surface area contributed by atoms with Crippen molar-refractivity contribution in [2.45, 2.75) is 101 Å². The van der Waals surface area contributed by atoms with Gasteiger partial charge in [0.25, 0.3) is 6.71 Å². The largest absolute Gasteiger partial charge is 0.468 e. The quantitative estimate of drug-likeness (QED) is 0.186. The summed E-state index contributed by atoms with van der Waals surface area (Å²) in [7, 11) is 0. The third-order valence-corrected chi connectivity index (χ3v) is 11.2. The summed E-state index contributed by atoms with van der Waals surface area (Å²) in [6.07, 6.45) is 11.8. The highest BCUT2D eigenvalue weighted by atomic mass is 16.3. The van der Waals surface area contributed by atoms with Crippen LogP contribution in [0.2, 0.25) is 0 Å². The highest BCUT2D eigenvalue weighted by Crippen LogP contribution is 2.44. The van der Waals surface area contributed by atoms with Gasteiger partial charge in [0.1, 0.15) is 5.58 Å². The summed E-state index contributed by atoms with van der Waals surface area (Å²) in [5.74, 6) is 1.44. The maximum Gasteiger partial charge on any atom is 0.290 e. The summed E-state index contributed by atoms with van der Waals surface area (Å²) in [4.78, 5) is 2.58. The number of hydrogen-bond acceptors (Lipinski definition) is 3. The molecule has 2 unspecified atom stereocenters. The number of anilines is 2. The molecule has 1 aliphatic heterocycles. The standard InChI is InChI=1S/C48H61BN2O/c1-13-33-15-20-36(21-16-33)49-42(43(27-31(3)4)50-37-22-17-34(14-2)18-23-37)30-51(38-24-25-39(32(5)6)41(29-38)48(10,11)12)45-40-28-35(47(7,8)9)19-26-44(40)52-46(45)49/h15-29,32,39,41,50H,13-14,30H2,1-12H3/b43-42-. The van der Waals surface area contributed by atoms with Gasteiger partial charge in [0.15, 0.2) is 0 Å². The lowest BCUT2D eigenvalue weighted by Crippen LogP contribution is -2.53. The summed E-state index contributed by atoms with van der Waals surface area (Å²) in [5, 5.41) is 5.11. The summed E-state index contributed by atoms with van der Waals surface area (Å²) >= 11 is 0. The van der Waals surface area contributed by atoms with Gasteiger partial charge in [-0.05, 0) is 114 Å². The molecule has 0 saturated carbocycles. The van der Waals surface area contributed by atoms with Gasteiger partial charge < -0.3 is 14.6 Å². The predicted octanol–water partition coefficient (Wildman–Crippen LogP) is 11.5. The molecule has 0 radical (unpaired) electrons. The van der Waals surface area contributed by atoms with Gasteiger partial charge in [-0.25, -0.2) is 0 Å². The van der Waals surface area contributed by atoms with Gasteiger partial charge in [0, 0.05) is 29.0 Å². The molecule has 3 aromatic carbocycles. The molecule has 0 spiro atoms. The molecule has 52 heavy (non-hydrogen) atoms. The van der Waals surface area contributed by atoms with E-state index in [4.69, 9.17) is 4.42 Å². The minimum Gasteiger partial charge on any atom is -0.468 e. The van der Waals surface area contributed by atoms with Crippen LogP contribution in [0, 0.1) is 23.2 Å². The Balaban J connectivity index is 1.67. The fourth-order valence-corrected chi connectivity index (χ4v) is 8.10. The second kappa shape index (κ2) is 14.7. The van der Waals surface area contributed by atoms with E-state index in [0.717, 1.165) is 42.0 Å². The van der Waals surface area contributed by atoms with Crippen molar-refractivity contribution >= 4 is 40.2 Å². The van der Waals surface area contributed by atoms with Gasteiger partial charge in [-0.2, -0.15) is 0 Å². The average molecular weight is 693 g/mol. The molecule has 0 saturated heterocycles. The van der Waals surface area contributed by atoms with Gasteiger partial charge in [-0.15, -0.1) is 0 Å². The molecule has 4 heteroatoms. The molecule has 272 valence electrons. The molecule has 1 aromatic heterocycles. The molecule has 1 N–H and O–H groups in total. The van der Waals surface area contributed by atoms with Crippen LogP contribution in [-0.4, -0.2) is 13.3 Å². The van der Waals surface area contributed by atoms with Crippen LogP contribution in [0.5, 0.6) is 0 Å². The number of nitrogens with one attached hydrogen (secondary N) is 1. The Morgan fingerprint density at radius 1 is 0.904 bits per heavy atom. The van der Waals surface area contributed by atoms with E-state index in [1.54, 1.807) is 0 Å². The maximum atomic E-state index is 7.15. The number of allylic oxidation sites excluding steroid dienone is 5. The number of rotatable bonds is 8. The zero-order chi connectivity index (χ0) is 37.5. The Labute approximate surface area is 315 Å². The van der Waals surface area contributed by atoms with Gasteiger partial charge in [-0.3, -0.25) is 0 Å². The number of aryl methyl sites for hydroxylation is 2. The molecule has 0 amide bonds. The topological polar surface area (TPSA) is 28.4 Å². The molecular formula is C48H61BN2O. The Hall–Kier alpha value is -4.18. The van der Waals surface area contributed by atoms with E-state index in [1.165, 1.54) is 50.0 Å². The summed E-state index contributed by atoms with van der Waals surface area (Å²) < 4.78 is 7.15. The van der Waals surface area contributed by atoms with Crippen molar-refractivity contribution in [3.05, 3.63) is 130 Å². The van der Waals surface area contributed by atoms with Crippen molar-refractivity contribution in [3.8, 4) is 0 Å². The molecule has 2 heterocycles. The van der Waals surface area contributed by atoms with Crippen molar-refractivity contribution < 1.29 is 4.42 Å². The minimum absolute atomic E-state index is 0.0119. The van der Waals surface area contributed by atoms with E-state index in [0.29, 0.717) is 17.8 Å². The zero-order valence-electron chi connectivity index (χ0n) is 33.9. The Kier molecular flexibility index (Phi) is 10.6. The Bertz CT molecular complexity index is 2020. The third-order valence-electron chi connectivity index (χ3n) is 11.2. The van der Waals surface area contributed by atoms with Crippen LogP contribution >= 0.6 is 0 Å². The van der Waals surface area contributed by atoms with E-state index in [9.17, 15) is 0 Å². The Morgan fingerprint density at radius 3 is 2.10 bits per heavy atom. The van der Waals surface area contributed by atoms with Crippen LogP contribution in [0.25, 0.3) is 11.0 Å². The van der Waals surface area contributed by atoms with Gasteiger partial charge in [-0.1, -0.05) is 135 Å². The maximum absolute atomic E-state index is 7.15. The van der Waals surface area contributed by atoms with Crippen LogP contribution in [0.1, 0.15) is 99.8 Å². The van der Waals surface area contributed by atoms with Crippen molar-refractivity contribution in [1.29, 1.82) is 0 Å². The van der Waals surface area contributed by atoms with Gasteiger partial charge in [0.2, 0.25) is 0 Å². The number of nitrogens with zero attached hydrogens (tertiary/aromatic N) is 1. The molecule has 1 aliphatic carbocycles. The van der Waals surface area contributed by atoms with Crippen LogP contribution in [-0.2, 0) is 18.3 Å². The molecule has 3 nitrogen and oxygen atoms in total. The smallest absolute Gasteiger partial charge is 0.290 e. The van der Waals surface area contributed by atoms with Crippen molar-refractivity contribution in [2.75, 3.05) is 16.8 Å². The normalized spacial score (nSPS) is 18.8. The number of fused-ring (bicyclic) bond motifs is 3. The SMILES string of the molecule is CCc1ccc(N/C(C=C(C)C)=C2/CN(C3=CC(C(C)(C)C)C(C(C)C)C=C3)c3c(oc4ccc(C(C)(C)C)cc34)B2c2ccc(CC)cc2)cc1. The molecule has 2 atom stereocenters. The fourth-order valence-electron chi connectivity index (χ4n) is 8.10. The van der Waals surface area contributed by atoms with Gasteiger partial charge >= 0.3 is 0 Å². The lowest BCUT2D eigenvalue weighted by molar-refractivity contribution is 0.197. The second-order valence-corrected chi connectivity index (χ2v) is 17.9. The molecule has 0 bridgehead atoms. The molecule has 4 aromatic rings. The van der Waals surface area contributed by atoms with Crippen molar-refractivity contribution in [3.63, 3.8) is 0 Å². The van der Waals surface area contributed by atoms with Crippen LogP contribution < -0.4 is 21.3 Å². The first-order valence-corrected chi connectivity index (χ1v) is 19.7. The predicted molar refractivity (Wildman–Crippen MR) is 227 cm³/mol. The van der Waals surface area contributed by atoms with Crippen molar-refractivity contribution in [1.82, 2.24) is 0 Å². The second-order valence-electron chi connectivity index (χ2n) is 17.9. The summed E-state index contributed by atoms with van der Waals surface area (Å²) in [6, 6.07) is 25.0. The highest BCUT2D eigenvalue weighted by molar-refractivity contribution is 6.92. The van der Waals surface area contributed by atoms with E-state index >= 15 is 0 Å². The van der Waals surface area contributed by atoms with E-state index < -0.39 is 0 Å². The molecular weight excluding hydrogens is 631 g/mol. The minimum atomic E-state index is -0.0642. The number of benzene rings is 3. The molecule has 6 rings (SSSR count). The van der Waals surface area contributed by atoms with Crippen molar-refractivity contribution in [2.24, 2.45) is 23.2 Å². The summed E-state index contributed by atoms with van der Waals surface area (Å²) in [5.41, 5.74) is 14.6. The number of hydrogen-bond donors (Lipinski definition) is 1. The zero-order valence-corrected chi connectivity index (χ0v) is 33.9. The highest BCUT2D eigenvalue weighted by Gasteiger charge is 2.42. The summed E-state index contributed by atoms with van der Waals surface area (Å²) in [6.45, 7) is 28.3. The van der Waals surface area contributed by atoms with E-state index in [1.807, 2.05) is 0 Å². The van der Waals surface area contributed by atoms with Crippen LogP contribution in [0.3, 0.4) is 0 Å². The first kappa shape index (κ1) is 37.6. The first-order chi connectivity index (χ1) is 24.6. The fraction of sp³-hybridized carbons (Fsp3) is 0.417. The lowest BCUT2D eigenvalue weighted by Gasteiger charge is -2.42. The van der Waals surface area contributed by atoms with Crippen LogP contribution in [0.15, 0.2) is 118 Å².